The molecule has 8 heteroatoms. The number of barbiturate groups is 1. The van der Waals surface area contributed by atoms with Crippen molar-refractivity contribution in [2.75, 3.05) is 39.8 Å². The minimum atomic E-state index is -1.04. The van der Waals surface area contributed by atoms with E-state index in [0.29, 0.717) is 5.70 Å². The van der Waals surface area contributed by atoms with Gasteiger partial charge in [-0.05, 0) is 6.92 Å². The second kappa shape index (κ2) is 7.38. The van der Waals surface area contributed by atoms with Crippen molar-refractivity contribution in [3.05, 3.63) is 24.4 Å². The molecule has 0 saturated carbocycles. The predicted octanol–water partition coefficient (Wildman–Crippen LogP) is -1.89. The molecule has 0 aromatic rings. The topological polar surface area (TPSA) is 86.2 Å². The van der Waals surface area contributed by atoms with Gasteiger partial charge in [-0.3, -0.25) is 19.8 Å². The van der Waals surface area contributed by atoms with E-state index in [1.54, 1.807) is 13.0 Å². The molecule has 2 rings (SSSR count). The first kappa shape index (κ1) is 17.2. The number of amides is 4. The summed E-state index contributed by atoms with van der Waals surface area (Å²) in [6, 6.07) is -0.699. The number of carbonyl (C=O) groups is 3. The van der Waals surface area contributed by atoms with Crippen LogP contribution in [0.3, 0.4) is 0 Å². The molecule has 0 spiro atoms. The van der Waals surface area contributed by atoms with E-state index in [9.17, 15) is 14.4 Å². The third-order valence-corrected chi connectivity index (χ3v) is 4.09. The quantitative estimate of drug-likeness (QED) is 0.407. The molecule has 2 saturated heterocycles. The number of rotatable bonds is 5. The second-order valence-corrected chi connectivity index (χ2v) is 5.76. The number of carbonyl (C=O) groups excluding carboxylic acids is 3. The van der Waals surface area contributed by atoms with Crippen LogP contribution in [0.25, 0.3) is 0 Å². The molecule has 0 unspecified atom stereocenters. The van der Waals surface area contributed by atoms with Crippen LogP contribution in [0.1, 0.15) is 6.92 Å². The second-order valence-electron chi connectivity index (χ2n) is 5.76. The number of likely N-dealkylation sites (N-methyl/N-ethyl adjacent to an activating group) is 1. The highest BCUT2D eigenvalue weighted by molar-refractivity contribution is 6.17. The van der Waals surface area contributed by atoms with Crippen molar-refractivity contribution in [3.63, 3.8) is 0 Å². The molecular weight excluding hydrogens is 298 g/mol. The maximum Gasteiger partial charge on any atom is 0.331 e. The van der Waals surface area contributed by atoms with Crippen LogP contribution in [0.4, 0.5) is 4.79 Å². The smallest absolute Gasteiger partial charge is 0.331 e. The zero-order valence-corrected chi connectivity index (χ0v) is 13.6. The molecule has 23 heavy (non-hydrogen) atoms. The summed E-state index contributed by atoms with van der Waals surface area (Å²) in [4.78, 5) is 38.9. The molecule has 126 valence electrons. The van der Waals surface area contributed by atoms with Crippen molar-refractivity contribution < 1.29 is 19.3 Å². The van der Waals surface area contributed by atoms with Gasteiger partial charge >= 0.3 is 6.03 Å². The molecule has 0 aromatic carbocycles. The Balaban J connectivity index is 2.12. The molecule has 3 N–H and O–H groups in total. The van der Waals surface area contributed by atoms with Crippen molar-refractivity contribution >= 4 is 17.8 Å². The number of hydrogen-bond acceptors (Lipinski definition) is 5. The summed E-state index contributed by atoms with van der Waals surface area (Å²) in [6.07, 6.45) is 3.16. The lowest BCUT2D eigenvalue weighted by Crippen LogP contribution is -3.12. The summed E-state index contributed by atoms with van der Waals surface area (Å²) in [6.45, 7) is 8.97. The van der Waals surface area contributed by atoms with Gasteiger partial charge in [-0.2, -0.15) is 0 Å². The largest absolute Gasteiger partial charge is 0.335 e. The maximum atomic E-state index is 12.5. The molecule has 2 aliphatic heterocycles. The van der Waals surface area contributed by atoms with Gasteiger partial charge in [-0.25, -0.2) is 9.80 Å². The molecule has 0 aliphatic carbocycles. The summed E-state index contributed by atoms with van der Waals surface area (Å²) >= 11 is 0. The number of nitrogens with zero attached hydrogens (tertiary/aromatic N) is 2. The highest BCUT2D eigenvalue weighted by atomic mass is 16.2. The Labute approximate surface area is 135 Å². The van der Waals surface area contributed by atoms with Crippen LogP contribution in [-0.2, 0) is 9.59 Å². The lowest BCUT2D eigenvalue weighted by molar-refractivity contribution is -0.884. The number of nitrogens with one attached hydrogen (secondary N) is 3. The van der Waals surface area contributed by atoms with Gasteiger partial charge in [0.2, 0.25) is 11.8 Å². The van der Waals surface area contributed by atoms with E-state index in [1.165, 1.54) is 11.0 Å². The fourth-order valence-corrected chi connectivity index (χ4v) is 2.67. The van der Waals surface area contributed by atoms with Crippen LogP contribution in [0.5, 0.6) is 0 Å². The van der Waals surface area contributed by atoms with Crippen molar-refractivity contribution in [2.24, 2.45) is 5.92 Å². The molecule has 1 atom stereocenters. The van der Waals surface area contributed by atoms with Crippen molar-refractivity contribution in [1.29, 1.82) is 0 Å². The summed E-state index contributed by atoms with van der Waals surface area (Å²) in [5, 5.41) is 4.23. The standard InChI is InChI=1S/C15H23N5O3/c1-4-6-20-14(22)12(13(21)16-15(20)23)11(5-2)17-19-9-7-18(3)8-10-19/h4-5,12,17H,1,6-10H2,2-3H3,(H,16,21,23)/p+1/b11-5+/t12-/m0/s1. The predicted molar refractivity (Wildman–Crippen MR) is 84.0 cm³/mol. The van der Waals surface area contributed by atoms with E-state index in [1.807, 2.05) is 5.01 Å². The van der Waals surface area contributed by atoms with Crippen LogP contribution < -0.4 is 15.6 Å². The fourth-order valence-electron chi connectivity index (χ4n) is 2.67. The molecule has 2 heterocycles. The molecule has 0 radical (unpaired) electrons. The Hall–Kier alpha value is -2.19. The van der Waals surface area contributed by atoms with Crippen LogP contribution in [0.15, 0.2) is 24.4 Å². The summed E-state index contributed by atoms with van der Waals surface area (Å²) in [5.74, 6) is -2.16. The Morgan fingerprint density at radius 3 is 2.61 bits per heavy atom. The van der Waals surface area contributed by atoms with Gasteiger partial charge in [-0.15, -0.1) is 6.58 Å². The van der Waals surface area contributed by atoms with Gasteiger partial charge in [0.1, 0.15) is 0 Å². The number of urea groups is 1. The average molecular weight is 322 g/mol. The highest BCUT2D eigenvalue weighted by Gasteiger charge is 2.42. The molecule has 0 aromatic heterocycles. The number of imide groups is 2. The van der Waals surface area contributed by atoms with Gasteiger partial charge in [0.05, 0.1) is 33.2 Å². The summed E-state index contributed by atoms with van der Waals surface area (Å²) in [7, 11) is 2.13. The van der Waals surface area contributed by atoms with E-state index in [4.69, 9.17) is 0 Å². The fraction of sp³-hybridized carbons (Fsp3) is 0.533. The summed E-state index contributed by atoms with van der Waals surface area (Å²) in [5.41, 5.74) is 3.66. The average Bonchev–Trinajstić information content (AvgIpc) is 2.52. The first-order valence-electron chi connectivity index (χ1n) is 7.74. The van der Waals surface area contributed by atoms with Gasteiger partial charge < -0.3 is 10.3 Å². The molecule has 4 amide bonds. The van der Waals surface area contributed by atoms with Crippen LogP contribution in [-0.4, -0.2) is 67.5 Å². The van der Waals surface area contributed by atoms with E-state index < -0.39 is 23.8 Å². The Morgan fingerprint density at radius 2 is 2.04 bits per heavy atom. The molecular formula is C15H24N5O3+. The number of piperazine rings is 1. The highest BCUT2D eigenvalue weighted by Crippen LogP contribution is 2.18. The Morgan fingerprint density at radius 1 is 1.39 bits per heavy atom. The number of quaternary nitrogens is 1. The Bertz CT molecular complexity index is 537. The molecule has 8 nitrogen and oxygen atoms in total. The number of hydrogen-bond donors (Lipinski definition) is 3. The van der Waals surface area contributed by atoms with E-state index in [0.717, 1.165) is 31.1 Å². The zero-order valence-electron chi connectivity index (χ0n) is 13.6. The number of hydrazine groups is 1. The molecule has 2 fully saturated rings. The van der Waals surface area contributed by atoms with Crippen LogP contribution >= 0.6 is 0 Å². The lowest BCUT2D eigenvalue weighted by atomic mass is 10.0. The minimum Gasteiger partial charge on any atom is -0.335 e. The van der Waals surface area contributed by atoms with Gasteiger partial charge in [-0.1, -0.05) is 12.2 Å². The van der Waals surface area contributed by atoms with Gasteiger partial charge in [0.15, 0.2) is 5.92 Å². The zero-order chi connectivity index (χ0) is 17.0. The van der Waals surface area contributed by atoms with Gasteiger partial charge in [0, 0.05) is 12.2 Å². The third-order valence-electron chi connectivity index (χ3n) is 4.09. The first-order chi connectivity index (χ1) is 11.0. The van der Waals surface area contributed by atoms with E-state index in [2.05, 4.69) is 24.4 Å². The molecule has 0 bridgehead atoms. The van der Waals surface area contributed by atoms with Crippen LogP contribution in [0.2, 0.25) is 0 Å². The van der Waals surface area contributed by atoms with Crippen molar-refractivity contribution in [1.82, 2.24) is 20.7 Å². The van der Waals surface area contributed by atoms with Crippen molar-refractivity contribution in [2.45, 2.75) is 6.92 Å². The number of allylic oxidation sites excluding steroid dienone is 1. The van der Waals surface area contributed by atoms with Crippen LogP contribution in [0, 0.1) is 5.92 Å². The maximum absolute atomic E-state index is 12.5. The Kier molecular flexibility index (Phi) is 5.51. The minimum absolute atomic E-state index is 0.0727. The van der Waals surface area contributed by atoms with Crippen molar-refractivity contribution in [3.8, 4) is 0 Å². The van der Waals surface area contributed by atoms with Gasteiger partial charge in [0.25, 0.3) is 0 Å². The van der Waals surface area contributed by atoms with E-state index in [-0.39, 0.29) is 6.54 Å². The SMILES string of the molecule is C=CCN1C(=O)NC(=O)[C@H](/C(=C\C)NN2CC[NH+](C)CC2)C1=O. The monoisotopic (exact) mass is 322 g/mol. The normalized spacial score (nSPS) is 24.6. The third kappa shape index (κ3) is 3.77. The summed E-state index contributed by atoms with van der Waals surface area (Å²) < 4.78 is 0. The lowest BCUT2D eigenvalue weighted by Gasteiger charge is -2.35. The first-order valence-corrected chi connectivity index (χ1v) is 7.74. The van der Waals surface area contributed by atoms with E-state index >= 15 is 0 Å². The molecule has 2 aliphatic rings.